The molecule has 3 aromatic carbocycles. The molecule has 12 nitrogen and oxygen atoms in total. The van der Waals surface area contributed by atoms with Crippen molar-refractivity contribution in [2.45, 2.75) is 13.1 Å². The van der Waals surface area contributed by atoms with Gasteiger partial charge in [0.15, 0.2) is 0 Å². The number of carbonyl (C=O) groups is 4. The summed E-state index contributed by atoms with van der Waals surface area (Å²) in [4.78, 5) is 73.7. The number of nitro groups is 2. The van der Waals surface area contributed by atoms with Gasteiger partial charge in [-0.15, -0.1) is 0 Å². The first-order chi connectivity index (χ1) is 17.2. The highest BCUT2D eigenvalue weighted by atomic mass is 16.6. The zero-order valence-corrected chi connectivity index (χ0v) is 18.2. The van der Waals surface area contributed by atoms with E-state index in [0.717, 1.165) is 34.1 Å². The first-order valence-corrected chi connectivity index (χ1v) is 10.5. The number of fused-ring (bicyclic) bond motifs is 2. The first kappa shape index (κ1) is 22.5. The largest absolute Gasteiger partial charge is 0.270 e. The van der Waals surface area contributed by atoms with Crippen molar-refractivity contribution < 1.29 is 29.0 Å². The van der Waals surface area contributed by atoms with Gasteiger partial charge in [-0.1, -0.05) is 24.3 Å². The molecular formula is C24H14N4O8. The maximum atomic E-state index is 12.8. The van der Waals surface area contributed by atoms with Crippen LogP contribution in [0.3, 0.4) is 0 Å². The first-order valence-electron chi connectivity index (χ1n) is 10.5. The van der Waals surface area contributed by atoms with Crippen LogP contribution >= 0.6 is 0 Å². The number of benzene rings is 3. The van der Waals surface area contributed by atoms with Gasteiger partial charge in [-0.05, 0) is 23.3 Å². The summed E-state index contributed by atoms with van der Waals surface area (Å²) in [6, 6.07) is 13.5. The van der Waals surface area contributed by atoms with Gasteiger partial charge in [-0.2, -0.15) is 0 Å². The Balaban J connectivity index is 1.35. The molecule has 178 valence electrons. The molecule has 2 heterocycles. The van der Waals surface area contributed by atoms with Crippen LogP contribution in [-0.2, 0) is 13.1 Å². The normalized spacial score (nSPS) is 14.3. The van der Waals surface area contributed by atoms with E-state index in [0.29, 0.717) is 11.1 Å². The topological polar surface area (TPSA) is 161 Å². The van der Waals surface area contributed by atoms with Gasteiger partial charge in [0.25, 0.3) is 35.0 Å². The quantitative estimate of drug-likeness (QED) is 0.292. The third-order valence-electron chi connectivity index (χ3n) is 6.00. The van der Waals surface area contributed by atoms with Crippen LogP contribution in [0.1, 0.15) is 52.6 Å². The van der Waals surface area contributed by atoms with Crippen molar-refractivity contribution in [3.63, 3.8) is 0 Å². The molecule has 0 bridgehead atoms. The van der Waals surface area contributed by atoms with E-state index in [1.807, 2.05) is 0 Å². The molecule has 0 fully saturated rings. The minimum Gasteiger partial charge on any atom is -0.270 e. The molecule has 0 unspecified atom stereocenters. The van der Waals surface area contributed by atoms with Crippen molar-refractivity contribution in [3.05, 3.63) is 114 Å². The van der Waals surface area contributed by atoms with E-state index >= 15 is 0 Å². The van der Waals surface area contributed by atoms with Crippen LogP contribution in [0.2, 0.25) is 0 Å². The Kier molecular flexibility index (Phi) is 5.13. The minimum atomic E-state index is -0.661. The predicted octanol–water partition coefficient (Wildman–Crippen LogP) is 3.10. The maximum Gasteiger partial charge on any atom is 0.270 e. The summed E-state index contributed by atoms with van der Waals surface area (Å²) in [5.41, 5.74) is 0.502. The molecule has 5 rings (SSSR count). The van der Waals surface area contributed by atoms with Crippen molar-refractivity contribution in [1.29, 1.82) is 0 Å². The molecule has 12 heteroatoms. The highest BCUT2D eigenvalue weighted by molar-refractivity contribution is 6.22. The van der Waals surface area contributed by atoms with Gasteiger partial charge in [-0.25, -0.2) is 0 Å². The van der Waals surface area contributed by atoms with Gasteiger partial charge in [0.2, 0.25) is 0 Å². The van der Waals surface area contributed by atoms with Crippen LogP contribution in [-0.4, -0.2) is 43.3 Å². The van der Waals surface area contributed by atoms with Crippen LogP contribution in [0, 0.1) is 20.2 Å². The number of nitrogens with zero attached hydrogens (tertiary/aromatic N) is 4. The van der Waals surface area contributed by atoms with Crippen LogP contribution in [0.25, 0.3) is 0 Å². The second-order valence-corrected chi connectivity index (χ2v) is 8.19. The van der Waals surface area contributed by atoms with E-state index in [-0.39, 0.29) is 46.7 Å². The van der Waals surface area contributed by atoms with E-state index < -0.39 is 33.5 Å². The van der Waals surface area contributed by atoms with E-state index in [2.05, 4.69) is 0 Å². The number of amides is 4. The van der Waals surface area contributed by atoms with E-state index in [9.17, 15) is 39.4 Å². The van der Waals surface area contributed by atoms with Crippen molar-refractivity contribution in [2.24, 2.45) is 0 Å². The molecule has 3 aromatic rings. The van der Waals surface area contributed by atoms with Crippen LogP contribution in [0.4, 0.5) is 11.4 Å². The Hall–Kier alpha value is -5.26. The molecule has 0 aromatic heterocycles. The summed E-state index contributed by atoms with van der Waals surface area (Å²) in [5, 5.41) is 22.0. The fourth-order valence-electron chi connectivity index (χ4n) is 4.26. The van der Waals surface area contributed by atoms with E-state index in [1.165, 1.54) is 12.1 Å². The van der Waals surface area contributed by atoms with Crippen molar-refractivity contribution >= 4 is 35.0 Å². The number of rotatable bonds is 6. The molecule has 0 spiro atoms. The molecule has 0 radical (unpaired) electrons. The summed E-state index contributed by atoms with van der Waals surface area (Å²) in [6.45, 7) is -0.245. The number of nitro benzene ring substituents is 2. The summed E-state index contributed by atoms with van der Waals surface area (Å²) in [7, 11) is 0. The zero-order chi connectivity index (χ0) is 25.7. The fraction of sp³-hybridized carbons (Fsp3) is 0.0833. The molecule has 4 amide bonds. The Morgan fingerprint density at radius 1 is 0.556 bits per heavy atom. The zero-order valence-electron chi connectivity index (χ0n) is 18.2. The molecule has 0 N–H and O–H groups in total. The average molecular weight is 486 g/mol. The van der Waals surface area contributed by atoms with Crippen molar-refractivity contribution in [1.82, 2.24) is 9.80 Å². The highest BCUT2D eigenvalue weighted by Gasteiger charge is 2.38. The van der Waals surface area contributed by atoms with Gasteiger partial charge < -0.3 is 0 Å². The molecule has 2 aliphatic heterocycles. The number of non-ortho nitro benzene ring substituents is 2. The molecule has 0 atom stereocenters. The Bertz CT molecular complexity index is 1440. The minimum absolute atomic E-state index is 0.0505. The van der Waals surface area contributed by atoms with Crippen molar-refractivity contribution in [2.75, 3.05) is 0 Å². The molecule has 0 saturated heterocycles. The second-order valence-electron chi connectivity index (χ2n) is 8.19. The lowest BCUT2D eigenvalue weighted by Gasteiger charge is -2.17. The molecular weight excluding hydrogens is 472 g/mol. The van der Waals surface area contributed by atoms with Gasteiger partial charge in [0.05, 0.1) is 45.2 Å². The summed E-state index contributed by atoms with van der Waals surface area (Å²) < 4.78 is 0. The predicted molar refractivity (Wildman–Crippen MR) is 121 cm³/mol. The average Bonchev–Trinajstić information content (AvgIpc) is 3.24. The molecule has 2 aliphatic rings. The lowest BCUT2D eigenvalue weighted by atomic mass is 10.1. The lowest BCUT2D eigenvalue weighted by molar-refractivity contribution is -0.385. The highest BCUT2D eigenvalue weighted by Crippen LogP contribution is 2.30. The summed E-state index contributed by atoms with van der Waals surface area (Å²) in [6.07, 6.45) is 0. The van der Waals surface area contributed by atoms with Gasteiger partial charge >= 0.3 is 0 Å². The molecule has 0 aliphatic carbocycles. The summed E-state index contributed by atoms with van der Waals surface area (Å²) in [5.74, 6) is -2.49. The number of carbonyl (C=O) groups excluding carboxylic acids is 4. The third kappa shape index (κ3) is 3.57. The summed E-state index contributed by atoms with van der Waals surface area (Å²) >= 11 is 0. The monoisotopic (exact) mass is 486 g/mol. The number of hydrogen-bond acceptors (Lipinski definition) is 8. The third-order valence-corrected chi connectivity index (χ3v) is 6.00. The Labute approximate surface area is 201 Å². The standard InChI is InChI=1S/C24H14N4O8/c29-21-17-6-4-15(27(33)34)9-19(17)23(31)25(21)11-13-2-1-3-14(8-13)12-26-22(30)18-7-5-16(28(35)36)10-20(18)24(26)32/h1-10H,11-12H2. The maximum absolute atomic E-state index is 12.8. The van der Waals surface area contributed by atoms with Crippen LogP contribution in [0.15, 0.2) is 60.7 Å². The second kappa shape index (κ2) is 8.20. The lowest BCUT2D eigenvalue weighted by Crippen LogP contribution is -2.30. The van der Waals surface area contributed by atoms with Gasteiger partial charge in [-0.3, -0.25) is 49.2 Å². The molecule has 36 heavy (non-hydrogen) atoms. The van der Waals surface area contributed by atoms with E-state index in [4.69, 9.17) is 0 Å². The van der Waals surface area contributed by atoms with Gasteiger partial charge in [0, 0.05) is 24.3 Å². The van der Waals surface area contributed by atoms with E-state index in [1.54, 1.807) is 24.3 Å². The van der Waals surface area contributed by atoms with Crippen molar-refractivity contribution in [3.8, 4) is 0 Å². The van der Waals surface area contributed by atoms with Crippen LogP contribution in [0.5, 0.6) is 0 Å². The SMILES string of the molecule is O=C1c2ccc([N+](=O)[O-])cc2C(=O)N1Cc1cccc(CN2C(=O)c3ccc([N+](=O)[O-])cc3C2=O)c1. The van der Waals surface area contributed by atoms with Crippen LogP contribution < -0.4 is 0 Å². The fourth-order valence-corrected chi connectivity index (χ4v) is 4.26. The Morgan fingerprint density at radius 2 is 0.944 bits per heavy atom. The van der Waals surface area contributed by atoms with Gasteiger partial charge in [0.1, 0.15) is 0 Å². The molecule has 0 saturated carbocycles. The number of imide groups is 2. The Morgan fingerprint density at radius 3 is 1.33 bits per heavy atom. The smallest absolute Gasteiger partial charge is 0.270 e. The number of hydrogen-bond donors (Lipinski definition) is 0.